The number of nitrogens with zero attached hydrogens (tertiary/aromatic N) is 5. The van der Waals surface area contributed by atoms with Crippen molar-refractivity contribution >= 4 is 39.6 Å². The van der Waals surface area contributed by atoms with Gasteiger partial charge in [0.05, 0.1) is 18.0 Å². The predicted octanol–water partition coefficient (Wildman–Crippen LogP) is 4.95. The van der Waals surface area contributed by atoms with Gasteiger partial charge in [-0.15, -0.1) is 24.5 Å². The number of rotatable bonds is 5. The maximum Gasteiger partial charge on any atom is 0.573 e. The van der Waals surface area contributed by atoms with Crippen molar-refractivity contribution in [1.82, 2.24) is 14.9 Å². The van der Waals surface area contributed by atoms with E-state index in [9.17, 15) is 23.1 Å². The number of anilines is 3. The maximum atomic E-state index is 13.1. The van der Waals surface area contributed by atoms with Gasteiger partial charge in [0.25, 0.3) is 5.00 Å². The fourth-order valence-corrected chi connectivity index (χ4v) is 5.50. The first-order chi connectivity index (χ1) is 17.6. The Morgan fingerprint density at radius 2 is 2.00 bits per heavy atom. The lowest BCUT2D eigenvalue weighted by Crippen LogP contribution is -2.44. The van der Waals surface area contributed by atoms with Gasteiger partial charge in [0, 0.05) is 43.6 Å². The Balaban J connectivity index is 1.53. The van der Waals surface area contributed by atoms with Gasteiger partial charge < -0.3 is 25.0 Å². The van der Waals surface area contributed by atoms with Gasteiger partial charge in [-0.05, 0) is 49.2 Å². The van der Waals surface area contributed by atoms with Crippen LogP contribution < -0.4 is 15.0 Å². The molecular weight excluding hydrogens is 509 g/mol. The summed E-state index contributed by atoms with van der Waals surface area (Å²) in [6.45, 7) is 10.6. The van der Waals surface area contributed by atoms with E-state index in [0.717, 1.165) is 48.8 Å². The Labute approximate surface area is 214 Å². The van der Waals surface area contributed by atoms with Crippen molar-refractivity contribution in [3.05, 3.63) is 51.8 Å². The number of ether oxygens (including phenoxy) is 1. The zero-order valence-corrected chi connectivity index (χ0v) is 20.4. The average molecular weight is 531 g/mol. The monoisotopic (exact) mass is 530 g/mol. The number of benzene rings is 1. The van der Waals surface area contributed by atoms with Crippen LogP contribution in [0.15, 0.2) is 24.4 Å². The van der Waals surface area contributed by atoms with E-state index in [2.05, 4.69) is 34.7 Å². The van der Waals surface area contributed by atoms with Crippen LogP contribution >= 0.6 is 11.3 Å². The molecule has 3 aromatic rings. The molecule has 1 saturated heterocycles. The normalized spacial score (nSPS) is 15.5. The molecule has 2 N–H and O–H groups in total. The van der Waals surface area contributed by atoms with Gasteiger partial charge in [0.15, 0.2) is 5.75 Å². The molecule has 0 radical (unpaired) electrons. The van der Waals surface area contributed by atoms with Crippen molar-refractivity contribution in [2.45, 2.75) is 19.2 Å². The molecule has 13 heteroatoms. The Morgan fingerprint density at radius 1 is 1.24 bits per heavy atom. The van der Waals surface area contributed by atoms with E-state index in [0.29, 0.717) is 29.7 Å². The van der Waals surface area contributed by atoms with Crippen molar-refractivity contribution in [3.63, 3.8) is 0 Å². The Bertz CT molecular complexity index is 1410. The number of thiophene rings is 1. The second-order valence-corrected chi connectivity index (χ2v) is 9.72. The van der Waals surface area contributed by atoms with E-state index < -0.39 is 18.1 Å². The number of hydrogen-bond donors (Lipinski definition) is 2. The molecule has 0 unspecified atom stereocenters. The number of nitrogens with one attached hydrogen (secondary N) is 1. The molecule has 1 aliphatic heterocycles. The van der Waals surface area contributed by atoms with E-state index in [1.165, 1.54) is 6.07 Å². The lowest BCUT2D eigenvalue weighted by atomic mass is 9.91. The molecule has 0 amide bonds. The molecule has 2 aliphatic rings. The fraction of sp³-hybridized carbons (Fsp3) is 0.333. The summed E-state index contributed by atoms with van der Waals surface area (Å²) in [6, 6.07) is 4.41. The molecule has 0 spiro atoms. The molecule has 37 heavy (non-hydrogen) atoms. The third-order valence-corrected chi connectivity index (χ3v) is 7.45. The van der Waals surface area contributed by atoms with Gasteiger partial charge in [0.1, 0.15) is 4.88 Å². The van der Waals surface area contributed by atoms with Crippen molar-refractivity contribution in [1.29, 1.82) is 0 Å². The van der Waals surface area contributed by atoms with Crippen molar-refractivity contribution in [2.24, 2.45) is 0 Å². The van der Waals surface area contributed by atoms with Crippen LogP contribution in [0, 0.1) is 6.57 Å². The summed E-state index contributed by atoms with van der Waals surface area (Å²) >= 11 is 0.895. The fourth-order valence-electron chi connectivity index (χ4n) is 4.52. The molecule has 1 aliphatic carbocycles. The summed E-state index contributed by atoms with van der Waals surface area (Å²) < 4.78 is 43.6. The minimum absolute atomic E-state index is 0.00755. The molecule has 5 rings (SSSR count). The van der Waals surface area contributed by atoms with E-state index in [4.69, 9.17) is 6.57 Å². The lowest BCUT2D eigenvalue weighted by molar-refractivity contribution is -0.274. The number of carbonyl (C=O) groups is 1. The number of aromatic carboxylic acids is 1. The number of hydrogen-bond acceptors (Lipinski definition) is 8. The highest BCUT2D eigenvalue weighted by atomic mass is 32.1. The maximum absolute atomic E-state index is 13.1. The lowest BCUT2D eigenvalue weighted by Gasteiger charge is -2.34. The quantitative estimate of drug-likeness (QED) is 0.448. The Kier molecular flexibility index (Phi) is 6.38. The van der Waals surface area contributed by atoms with Crippen LogP contribution in [0.2, 0.25) is 0 Å². The van der Waals surface area contributed by atoms with Crippen molar-refractivity contribution < 1.29 is 27.8 Å². The summed E-state index contributed by atoms with van der Waals surface area (Å²) in [5.41, 5.74) is 2.88. The van der Waals surface area contributed by atoms with Gasteiger partial charge in [-0.1, -0.05) is 0 Å². The van der Waals surface area contributed by atoms with Crippen LogP contribution in [0.3, 0.4) is 0 Å². The Hall–Kier alpha value is -3.89. The SMILES string of the molecule is [C-]#[N+]c1sc(C(=O)O)c2c1-c1nc(Nc3cc(N4CCN(C)CC4)ccc3OC(F)(F)F)ncc1CC2. The number of carboxylic acid groups (broad SMARTS) is 1. The molecule has 1 fully saturated rings. The molecule has 0 saturated carbocycles. The molecule has 192 valence electrons. The zero-order chi connectivity index (χ0) is 26.3. The molecule has 1 aromatic carbocycles. The van der Waals surface area contributed by atoms with E-state index in [1.54, 1.807) is 18.3 Å². The first-order valence-electron chi connectivity index (χ1n) is 11.4. The summed E-state index contributed by atoms with van der Waals surface area (Å²) in [7, 11) is 2.01. The number of likely N-dealkylation sites (N-methyl/N-ethyl adjacent to an activating group) is 1. The Morgan fingerprint density at radius 3 is 2.68 bits per heavy atom. The van der Waals surface area contributed by atoms with Crippen LogP contribution in [0.4, 0.5) is 35.5 Å². The van der Waals surface area contributed by atoms with Crippen LogP contribution in [0.25, 0.3) is 16.1 Å². The highest BCUT2D eigenvalue weighted by Gasteiger charge is 2.33. The molecule has 0 atom stereocenters. The zero-order valence-electron chi connectivity index (χ0n) is 19.6. The van der Waals surface area contributed by atoms with Gasteiger partial charge in [-0.2, -0.15) is 0 Å². The number of alkyl halides is 3. The summed E-state index contributed by atoms with van der Waals surface area (Å²) in [5, 5.41) is 12.6. The minimum Gasteiger partial charge on any atom is -0.477 e. The largest absolute Gasteiger partial charge is 0.573 e. The van der Waals surface area contributed by atoms with Crippen LogP contribution in [0.5, 0.6) is 5.75 Å². The van der Waals surface area contributed by atoms with Gasteiger partial charge in [-0.25, -0.2) is 19.6 Å². The highest BCUT2D eigenvalue weighted by molar-refractivity contribution is 7.18. The predicted molar refractivity (Wildman–Crippen MR) is 132 cm³/mol. The molecular formula is C24H21F3N6O3S. The van der Waals surface area contributed by atoms with Gasteiger partial charge in [0.2, 0.25) is 5.95 Å². The number of fused-ring (bicyclic) bond motifs is 3. The number of aryl methyl sites for hydroxylation is 1. The van der Waals surface area contributed by atoms with Gasteiger partial charge >= 0.3 is 12.3 Å². The smallest absolute Gasteiger partial charge is 0.477 e. The topological polar surface area (TPSA) is 95.2 Å². The number of halogens is 3. The second-order valence-electron chi connectivity index (χ2n) is 8.72. The number of piperazine rings is 1. The summed E-state index contributed by atoms with van der Waals surface area (Å²) in [6.07, 6.45) is -2.43. The molecule has 9 nitrogen and oxygen atoms in total. The summed E-state index contributed by atoms with van der Waals surface area (Å²) in [4.78, 5) is 28.3. The average Bonchev–Trinajstić information content (AvgIpc) is 3.24. The van der Waals surface area contributed by atoms with Crippen molar-refractivity contribution in [3.8, 4) is 17.0 Å². The van der Waals surface area contributed by atoms with Gasteiger partial charge in [-0.3, -0.25) is 0 Å². The second kappa shape index (κ2) is 9.53. The first kappa shape index (κ1) is 24.8. The number of aromatic nitrogens is 2. The van der Waals surface area contributed by atoms with E-state index in [1.807, 2.05) is 7.05 Å². The third-order valence-electron chi connectivity index (χ3n) is 6.33. The van der Waals surface area contributed by atoms with Crippen LogP contribution in [-0.4, -0.2) is 65.5 Å². The molecule has 2 aromatic heterocycles. The number of carboxylic acids is 1. The minimum atomic E-state index is -4.90. The summed E-state index contributed by atoms with van der Waals surface area (Å²) in [5.74, 6) is -1.53. The highest BCUT2D eigenvalue weighted by Crippen LogP contribution is 2.47. The van der Waals surface area contributed by atoms with E-state index >= 15 is 0 Å². The van der Waals surface area contributed by atoms with Crippen molar-refractivity contribution in [2.75, 3.05) is 43.4 Å². The van der Waals surface area contributed by atoms with E-state index in [-0.39, 0.29) is 21.5 Å². The molecule has 0 bridgehead atoms. The standard InChI is InChI=1S/C24H21F3N6O3S/c1-28-21-18-15(20(37-21)22(34)35)5-3-13-12-29-23(31-19(13)18)30-16-11-14(33-9-7-32(2)8-10-33)4-6-17(16)36-24(25,26)27/h4,6,11-12H,3,5,7-10H2,2H3,(H,34,35)(H,29,30,31). The molecule has 3 heterocycles. The van der Waals surface area contributed by atoms with Crippen LogP contribution in [-0.2, 0) is 12.8 Å². The first-order valence-corrected chi connectivity index (χ1v) is 12.2. The van der Waals surface area contributed by atoms with Crippen LogP contribution in [0.1, 0.15) is 20.8 Å². The third kappa shape index (κ3) is 5.03.